The van der Waals surface area contributed by atoms with Gasteiger partial charge in [-0.05, 0) is 133 Å². The third-order valence-corrected chi connectivity index (χ3v) is 15.5. The molecule has 0 aliphatic heterocycles. The fraction of sp³-hybridized carbons (Fsp3) is 0. The van der Waals surface area contributed by atoms with Crippen LogP contribution in [0.5, 0.6) is 0 Å². The van der Waals surface area contributed by atoms with E-state index in [1.54, 1.807) is 0 Å². The molecule has 0 atom stereocenters. The van der Waals surface area contributed by atoms with E-state index in [9.17, 15) is 0 Å². The van der Waals surface area contributed by atoms with Crippen molar-refractivity contribution in [3.05, 3.63) is 212 Å². The molecule has 0 aliphatic carbocycles. The summed E-state index contributed by atoms with van der Waals surface area (Å²) in [5, 5.41) is 15.0. The molecule has 0 saturated carbocycles. The maximum atomic E-state index is 6.32. The van der Waals surface area contributed by atoms with Crippen LogP contribution in [-0.2, 0) is 0 Å². The molecule has 3 aromatic heterocycles. The van der Waals surface area contributed by atoms with Crippen molar-refractivity contribution in [2.24, 2.45) is 0 Å². The van der Waals surface area contributed by atoms with Gasteiger partial charge < -0.3 is 9.32 Å². The van der Waals surface area contributed by atoms with Gasteiger partial charge in [0, 0.05) is 62.5 Å². The molecule has 0 N–H and O–H groups in total. The highest BCUT2D eigenvalue weighted by Gasteiger charge is 2.21. The average molecular weight is 850 g/mol. The molecule has 0 spiro atoms. The Morgan fingerprint density at radius 1 is 0.297 bits per heavy atom. The van der Waals surface area contributed by atoms with E-state index in [0.29, 0.717) is 0 Å². The second-order valence-electron chi connectivity index (χ2n) is 16.8. The van der Waals surface area contributed by atoms with E-state index in [4.69, 9.17) is 4.42 Å². The zero-order valence-corrected chi connectivity index (χ0v) is 36.0. The number of furan rings is 1. The maximum absolute atomic E-state index is 6.32. The highest BCUT2D eigenvalue weighted by molar-refractivity contribution is 7.26. The highest BCUT2D eigenvalue weighted by Crippen LogP contribution is 2.48. The van der Waals surface area contributed by atoms with Crippen LogP contribution in [0.15, 0.2) is 217 Å². The van der Waals surface area contributed by atoms with E-state index in [1.807, 2.05) is 28.7 Å². The van der Waals surface area contributed by atoms with Gasteiger partial charge in [-0.15, -0.1) is 22.7 Å². The van der Waals surface area contributed by atoms with E-state index >= 15 is 0 Å². The molecule has 3 heterocycles. The normalized spacial score (nSPS) is 12.1. The predicted molar refractivity (Wildman–Crippen MR) is 278 cm³/mol. The lowest BCUT2D eigenvalue weighted by molar-refractivity contribution is 0.669. The fourth-order valence-corrected chi connectivity index (χ4v) is 12.6. The Morgan fingerprint density at radius 3 is 1.55 bits per heavy atom. The van der Waals surface area contributed by atoms with Gasteiger partial charge >= 0.3 is 0 Å². The van der Waals surface area contributed by atoms with Crippen molar-refractivity contribution in [2.45, 2.75) is 0 Å². The summed E-state index contributed by atoms with van der Waals surface area (Å²) in [5.74, 6) is 0. The Bertz CT molecular complexity index is 4210. The molecule has 0 radical (unpaired) electrons. The average Bonchev–Trinajstić information content (AvgIpc) is 4.05. The second-order valence-corrected chi connectivity index (χ2v) is 18.9. The SMILES string of the molecule is c1ccc2c(c1)oc1ccc(-c3cc4c5ccccc5c5ccccc5c4cc3-c3ccc(N(c4ccc5c(c4)sc4ccccc45)c4cccc5sc6ccccc6c45)cc3)cc12. The van der Waals surface area contributed by atoms with Gasteiger partial charge in [0.15, 0.2) is 0 Å². The van der Waals surface area contributed by atoms with Crippen LogP contribution < -0.4 is 4.90 Å². The molecule has 0 fully saturated rings. The van der Waals surface area contributed by atoms with Crippen LogP contribution in [0, 0.1) is 0 Å². The minimum absolute atomic E-state index is 0.899. The zero-order valence-electron chi connectivity index (χ0n) is 34.4. The van der Waals surface area contributed by atoms with E-state index in [2.05, 4.69) is 211 Å². The Morgan fingerprint density at radius 2 is 0.812 bits per heavy atom. The fourth-order valence-electron chi connectivity index (χ4n) is 10.3. The van der Waals surface area contributed by atoms with Gasteiger partial charge in [-0.2, -0.15) is 0 Å². The van der Waals surface area contributed by atoms with Gasteiger partial charge in [-0.1, -0.05) is 133 Å². The topological polar surface area (TPSA) is 16.4 Å². The minimum atomic E-state index is 0.899. The Kier molecular flexibility index (Phi) is 7.76. The first-order valence-electron chi connectivity index (χ1n) is 21.7. The highest BCUT2D eigenvalue weighted by atomic mass is 32.1. The summed E-state index contributed by atoms with van der Waals surface area (Å²) in [7, 11) is 0. The number of anilines is 3. The van der Waals surface area contributed by atoms with Gasteiger partial charge in [0.1, 0.15) is 11.2 Å². The van der Waals surface area contributed by atoms with E-state index in [1.165, 1.54) is 89.5 Å². The first kappa shape index (κ1) is 35.8. The van der Waals surface area contributed by atoms with Crippen LogP contribution in [0.2, 0.25) is 0 Å². The first-order valence-corrected chi connectivity index (χ1v) is 23.4. The lowest BCUT2D eigenvalue weighted by Crippen LogP contribution is -2.10. The lowest BCUT2D eigenvalue weighted by atomic mass is 9.87. The van der Waals surface area contributed by atoms with Gasteiger partial charge in [-0.3, -0.25) is 0 Å². The van der Waals surface area contributed by atoms with Crippen molar-refractivity contribution in [3.63, 3.8) is 0 Å². The largest absolute Gasteiger partial charge is 0.456 e. The maximum Gasteiger partial charge on any atom is 0.135 e. The van der Waals surface area contributed by atoms with Crippen LogP contribution in [-0.4, -0.2) is 0 Å². The van der Waals surface area contributed by atoms with E-state index in [-0.39, 0.29) is 0 Å². The summed E-state index contributed by atoms with van der Waals surface area (Å²) in [4.78, 5) is 2.47. The Balaban J connectivity index is 1.00. The number of nitrogens with zero attached hydrogens (tertiary/aromatic N) is 1. The lowest BCUT2D eigenvalue weighted by Gasteiger charge is -2.27. The van der Waals surface area contributed by atoms with Crippen LogP contribution in [0.4, 0.5) is 17.1 Å². The van der Waals surface area contributed by atoms with Crippen LogP contribution in [0.3, 0.4) is 0 Å². The van der Waals surface area contributed by atoms with Gasteiger partial charge in [0.25, 0.3) is 0 Å². The summed E-state index contributed by atoms with van der Waals surface area (Å²) in [6.07, 6.45) is 0. The molecule has 14 rings (SSSR count). The third-order valence-electron chi connectivity index (χ3n) is 13.2. The van der Waals surface area contributed by atoms with Crippen molar-refractivity contribution in [1.29, 1.82) is 0 Å². The molecular formula is C60H35NOS2. The Labute approximate surface area is 376 Å². The molecule has 298 valence electrons. The third kappa shape index (κ3) is 5.37. The number of para-hydroxylation sites is 1. The molecule has 2 nitrogen and oxygen atoms in total. The molecular weight excluding hydrogens is 815 g/mol. The molecule has 0 bridgehead atoms. The van der Waals surface area contributed by atoms with Crippen molar-refractivity contribution in [1.82, 2.24) is 0 Å². The molecule has 0 amide bonds. The molecule has 14 aromatic rings. The van der Waals surface area contributed by atoms with Crippen molar-refractivity contribution in [2.75, 3.05) is 4.90 Å². The van der Waals surface area contributed by atoms with Crippen molar-refractivity contribution in [3.8, 4) is 22.3 Å². The number of fused-ring (bicyclic) bond motifs is 15. The van der Waals surface area contributed by atoms with Crippen LogP contribution in [0.25, 0.3) is 117 Å². The molecule has 0 unspecified atom stereocenters. The summed E-state index contributed by atoms with van der Waals surface area (Å²) >= 11 is 3.73. The number of rotatable bonds is 5. The number of hydrogen-bond acceptors (Lipinski definition) is 4. The minimum Gasteiger partial charge on any atom is -0.456 e. The van der Waals surface area contributed by atoms with Gasteiger partial charge in [-0.25, -0.2) is 0 Å². The van der Waals surface area contributed by atoms with E-state index in [0.717, 1.165) is 44.4 Å². The Hall–Kier alpha value is -7.76. The van der Waals surface area contributed by atoms with Crippen LogP contribution in [0.1, 0.15) is 0 Å². The summed E-state index contributed by atoms with van der Waals surface area (Å²) in [5.41, 5.74) is 9.93. The number of benzene rings is 11. The number of thiophene rings is 2. The monoisotopic (exact) mass is 849 g/mol. The van der Waals surface area contributed by atoms with Gasteiger partial charge in [0.05, 0.1) is 5.69 Å². The summed E-state index contributed by atoms with van der Waals surface area (Å²) in [6.45, 7) is 0. The first-order chi connectivity index (χ1) is 31.7. The van der Waals surface area contributed by atoms with E-state index < -0.39 is 0 Å². The molecule has 4 heteroatoms. The molecule has 0 aliphatic rings. The molecule has 64 heavy (non-hydrogen) atoms. The summed E-state index contributed by atoms with van der Waals surface area (Å²) in [6, 6.07) is 78.2. The smallest absolute Gasteiger partial charge is 0.135 e. The number of hydrogen-bond donors (Lipinski definition) is 0. The van der Waals surface area contributed by atoms with Crippen molar-refractivity contribution < 1.29 is 4.42 Å². The molecule has 0 saturated heterocycles. The zero-order chi connectivity index (χ0) is 41.9. The van der Waals surface area contributed by atoms with Crippen molar-refractivity contribution >= 4 is 134 Å². The van der Waals surface area contributed by atoms with Crippen LogP contribution >= 0.6 is 22.7 Å². The predicted octanol–water partition coefficient (Wildman–Crippen LogP) is 18.6. The summed E-state index contributed by atoms with van der Waals surface area (Å²) < 4.78 is 11.5. The van der Waals surface area contributed by atoms with Gasteiger partial charge in [0.2, 0.25) is 0 Å². The quantitative estimate of drug-likeness (QED) is 0.160. The standard InChI is InChI=1S/C60H35NOS2/c1-3-14-42-40(12-1)41-13-2-4-15-43(41)51-35-49(37-26-31-55-52(32-37)44-16-5-8-20-54(44)62-55)48(34-50(42)51)36-24-27-38(28-25-36)61(39-29-30-46-45-17-6-9-21-56(45)64-59(46)33-39)53-19-11-23-58-60(53)47-18-7-10-22-57(47)63-58/h1-35H. The molecule has 11 aromatic carbocycles. The second kappa shape index (κ2) is 13.9.